The van der Waals surface area contributed by atoms with Crippen molar-refractivity contribution >= 4 is 29.4 Å². The third-order valence-corrected chi connectivity index (χ3v) is 2.78. The molecule has 1 aromatic rings. The average molecular weight is 298 g/mol. The molecule has 0 atom stereocenters. The Balaban J connectivity index is 1.86. The number of ether oxygens (including phenoxy) is 1. The predicted molar refractivity (Wildman–Crippen MR) is 70.1 cm³/mol. The first kappa shape index (κ1) is 14.1. The van der Waals surface area contributed by atoms with E-state index in [-0.39, 0.29) is 13.2 Å². The van der Waals surface area contributed by atoms with E-state index in [0.29, 0.717) is 10.8 Å². The molecule has 0 unspecified atom stereocenters. The van der Waals surface area contributed by atoms with Gasteiger partial charge in [0, 0.05) is 5.02 Å². The second-order valence-corrected chi connectivity index (χ2v) is 4.61. The molecular weight excluding hydrogens is 286 g/mol. The summed E-state index contributed by atoms with van der Waals surface area (Å²) in [6, 6.07) is 4.35. The zero-order valence-electron chi connectivity index (χ0n) is 10.6. The number of rotatable bonds is 4. The maximum atomic E-state index is 11.6. The summed E-state index contributed by atoms with van der Waals surface area (Å²) >= 11 is 5.80. The van der Waals surface area contributed by atoms with Gasteiger partial charge in [0.25, 0.3) is 5.91 Å². The Kier molecular flexibility index (Phi) is 4.09. The van der Waals surface area contributed by atoms with Gasteiger partial charge in [-0.3, -0.25) is 20.3 Å². The molecule has 1 heterocycles. The zero-order chi connectivity index (χ0) is 14.7. The molecule has 8 heteroatoms. The van der Waals surface area contributed by atoms with Crippen LogP contribution in [0.3, 0.4) is 0 Å². The van der Waals surface area contributed by atoms with E-state index in [9.17, 15) is 14.4 Å². The number of carbonyl (C=O) groups is 3. The van der Waals surface area contributed by atoms with Gasteiger partial charge in [-0.1, -0.05) is 11.6 Å². The van der Waals surface area contributed by atoms with Gasteiger partial charge in [-0.15, -0.1) is 0 Å². The Morgan fingerprint density at radius 3 is 2.85 bits per heavy atom. The molecule has 0 spiro atoms. The monoisotopic (exact) mass is 297 g/mol. The van der Waals surface area contributed by atoms with Crippen LogP contribution in [-0.2, 0) is 9.59 Å². The lowest BCUT2D eigenvalue weighted by atomic mass is 10.2. The molecule has 1 aliphatic rings. The van der Waals surface area contributed by atoms with Crippen LogP contribution >= 0.6 is 11.6 Å². The van der Waals surface area contributed by atoms with Gasteiger partial charge in [0.2, 0.25) is 5.91 Å². The summed E-state index contributed by atoms with van der Waals surface area (Å²) in [4.78, 5) is 33.8. The Labute approximate surface area is 119 Å². The number of halogens is 1. The molecule has 0 aliphatic carbocycles. The summed E-state index contributed by atoms with van der Waals surface area (Å²) < 4.78 is 5.31. The minimum Gasteiger partial charge on any atom is -0.483 e. The van der Waals surface area contributed by atoms with Gasteiger partial charge in [0.05, 0.1) is 0 Å². The molecule has 1 aromatic carbocycles. The Bertz CT molecular complexity index is 576. The topological polar surface area (TPSA) is 87.7 Å². The highest BCUT2D eigenvalue weighted by atomic mass is 35.5. The van der Waals surface area contributed by atoms with Gasteiger partial charge in [0.15, 0.2) is 6.61 Å². The summed E-state index contributed by atoms with van der Waals surface area (Å²) in [5.74, 6) is -0.486. The van der Waals surface area contributed by atoms with E-state index in [2.05, 4.69) is 5.43 Å². The number of hydrogen-bond donors (Lipinski definition) is 2. The van der Waals surface area contributed by atoms with Crippen molar-refractivity contribution < 1.29 is 19.1 Å². The van der Waals surface area contributed by atoms with Crippen LogP contribution in [0, 0.1) is 6.92 Å². The van der Waals surface area contributed by atoms with E-state index in [0.717, 1.165) is 10.6 Å². The highest BCUT2D eigenvalue weighted by molar-refractivity contribution is 6.30. The van der Waals surface area contributed by atoms with E-state index in [4.69, 9.17) is 16.3 Å². The van der Waals surface area contributed by atoms with Gasteiger partial charge >= 0.3 is 6.03 Å². The molecule has 4 amide bonds. The molecule has 106 valence electrons. The van der Waals surface area contributed by atoms with E-state index in [1.165, 1.54) is 0 Å². The van der Waals surface area contributed by atoms with Crippen LogP contribution in [0.15, 0.2) is 18.2 Å². The van der Waals surface area contributed by atoms with Crippen molar-refractivity contribution in [1.82, 2.24) is 15.8 Å². The van der Waals surface area contributed by atoms with Crippen LogP contribution in [0.5, 0.6) is 5.75 Å². The molecular formula is C12H12ClN3O4. The minimum atomic E-state index is -0.661. The number of aryl methyl sites for hydroxylation is 1. The Morgan fingerprint density at radius 1 is 1.50 bits per heavy atom. The molecule has 1 aliphatic heterocycles. The van der Waals surface area contributed by atoms with E-state index in [1.54, 1.807) is 25.1 Å². The first-order chi connectivity index (χ1) is 9.45. The van der Waals surface area contributed by atoms with Gasteiger partial charge in [-0.2, -0.15) is 0 Å². The second kappa shape index (κ2) is 5.79. The van der Waals surface area contributed by atoms with Gasteiger partial charge < -0.3 is 4.74 Å². The summed E-state index contributed by atoms with van der Waals surface area (Å²) in [5.41, 5.74) is 3.06. The normalized spacial score (nSPS) is 14.2. The number of hydrazine groups is 1. The molecule has 7 nitrogen and oxygen atoms in total. The van der Waals surface area contributed by atoms with Crippen LogP contribution < -0.4 is 15.5 Å². The third-order valence-electron chi connectivity index (χ3n) is 2.55. The number of hydrogen-bond acceptors (Lipinski definition) is 4. The fourth-order valence-electron chi connectivity index (χ4n) is 1.63. The van der Waals surface area contributed by atoms with Crippen LogP contribution in [0.4, 0.5) is 4.79 Å². The molecule has 1 saturated heterocycles. The maximum Gasteiger partial charge on any atom is 0.343 e. The molecule has 0 aromatic heterocycles. The fourth-order valence-corrected chi connectivity index (χ4v) is 1.86. The van der Waals surface area contributed by atoms with Crippen molar-refractivity contribution in [3.63, 3.8) is 0 Å². The predicted octanol–water partition coefficient (Wildman–Crippen LogP) is 0.610. The van der Waals surface area contributed by atoms with E-state index < -0.39 is 17.8 Å². The number of amides is 4. The van der Waals surface area contributed by atoms with Crippen molar-refractivity contribution in [3.8, 4) is 5.75 Å². The SMILES string of the molecule is Cc1cc(Cl)ccc1OCC(=O)NN1CC(=O)NC1=O. The molecule has 0 saturated carbocycles. The first-order valence-corrected chi connectivity index (χ1v) is 6.13. The number of nitrogens with one attached hydrogen (secondary N) is 2. The van der Waals surface area contributed by atoms with Crippen LogP contribution in [0.25, 0.3) is 0 Å². The number of imide groups is 1. The van der Waals surface area contributed by atoms with E-state index in [1.807, 2.05) is 5.32 Å². The average Bonchev–Trinajstić information content (AvgIpc) is 2.66. The van der Waals surface area contributed by atoms with Gasteiger partial charge in [0.1, 0.15) is 12.3 Å². The zero-order valence-corrected chi connectivity index (χ0v) is 11.4. The molecule has 2 N–H and O–H groups in total. The highest BCUT2D eigenvalue weighted by Gasteiger charge is 2.28. The summed E-state index contributed by atoms with van der Waals surface area (Å²) in [5, 5.41) is 3.51. The second-order valence-electron chi connectivity index (χ2n) is 4.17. The van der Waals surface area contributed by atoms with Gasteiger partial charge in [-0.25, -0.2) is 9.80 Å². The first-order valence-electron chi connectivity index (χ1n) is 5.75. The van der Waals surface area contributed by atoms with Crippen molar-refractivity contribution in [2.24, 2.45) is 0 Å². The number of benzene rings is 1. The van der Waals surface area contributed by atoms with Crippen LogP contribution in [0.2, 0.25) is 5.02 Å². The standard InChI is InChI=1S/C12H12ClN3O4/c1-7-4-8(13)2-3-9(7)20-6-11(18)15-16-5-10(17)14-12(16)19/h2-4H,5-6H2,1H3,(H,15,18)(H,14,17,19). The lowest BCUT2D eigenvalue weighted by Crippen LogP contribution is -2.46. The number of urea groups is 1. The summed E-state index contributed by atoms with van der Waals surface area (Å²) in [7, 11) is 0. The fraction of sp³-hybridized carbons (Fsp3) is 0.250. The van der Waals surface area contributed by atoms with Crippen molar-refractivity contribution in [3.05, 3.63) is 28.8 Å². The minimum absolute atomic E-state index is 0.204. The quantitative estimate of drug-likeness (QED) is 0.797. The molecule has 2 rings (SSSR count). The Morgan fingerprint density at radius 2 is 2.25 bits per heavy atom. The summed E-state index contributed by atoms with van der Waals surface area (Å²) in [6.45, 7) is 1.32. The third kappa shape index (κ3) is 3.39. The van der Waals surface area contributed by atoms with E-state index >= 15 is 0 Å². The molecule has 20 heavy (non-hydrogen) atoms. The number of nitrogens with zero attached hydrogens (tertiary/aromatic N) is 1. The van der Waals surface area contributed by atoms with Crippen molar-refractivity contribution in [2.75, 3.05) is 13.2 Å². The highest BCUT2D eigenvalue weighted by Crippen LogP contribution is 2.21. The van der Waals surface area contributed by atoms with Crippen molar-refractivity contribution in [2.45, 2.75) is 6.92 Å². The lowest BCUT2D eigenvalue weighted by Gasteiger charge is -2.15. The molecule has 0 bridgehead atoms. The summed E-state index contributed by atoms with van der Waals surface area (Å²) in [6.07, 6.45) is 0. The van der Waals surface area contributed by atoms with Crippen LogP contribution in [0.1, 0.15) is 5.56 Å². The van der Waals surface area contributed by atoms with Crippen LogP contribution in [-0.4, -0.2) is 36.0 Å². The maximum absolute atomic E-state index is 11.6. The molecule has 0 radical (unpaired) electrons. The number of carbonyl (C=O) groups excluding carboxylic acids is 3. The largest absolute Gasteiger partial charge is 0.483 e. The van der Waals surface area contributed by atoms with Crippen molar-refractivity contribution in [1.29, 1.82) is 0 Å². The lowest BCUT2D eigenvalue weighted by molar-refractivity contribution is -0.127. The Hall–Kier alpha value is -2.28. The smallest absolute Gasteiger partial charge is 0.343 e. The molecule has 1 fully saturated rings. The van der Waals surface area contributed by atoms with Gasteiger partial charge in [-0.05, 0) is 30.7 Å².